The van der Waals surface area contributed by atoms with Gasteiger partial charge in [-0.2, -0.15) is 17.0 Å². The number of nitriles is 1. The van der Waals surface area contributed by atoms with Crippen LogP contribution in [-0.2, 0) is 0 Å². The molecule has 1 N–H and O–H groups in total. The van der Waals surface area contributed by atoms with Crippen molar-refractivity contribution in [1.82, 2.24) is 5.32 Å². The topological polar surface area (TPSA) is 35.8 Å². The van der Waals surface area contributed by atoms with Crippen molar-refractivity contribution in [2.45, 2.75) is 38.0 Å². The third-order valence-electron chi connectivity index (χ3n) is 1.83. The second-order valence-electron chi connectivity index (χ2n) is 3.61. The standard InChI is InChI=1S/C9H18N2S/c1-8(5-6-10)11-7-9(2,3)12-4/h8,11H,5,7H2,1-4H3. The van der Waals surface area contributed by atoms with Gasteiger partial charge in [-0.1, -0.05) is 0 Å². The Balaban J connectivity index is 3.61. The number of nitrogens with zero attached hydrogens (tertiary/aromatic N) is 1. The average molecular weight is 186 g/mol. The first kappa shape index (κ1) is 11.8. The maximum absolute atomic E-state index is 8.43. The van der Waals surface area contributed by atoms with E-state index in [1.165, 1.54) is 0 Å². The molecule has 0 aromatic carbocycles. The van der Waals surface area contributed by atoms with Gasteiger partial charge in [0, 0.05) is 17.3 Å². The molecule has 0 aromatic heterocycles. The highest BCUT2D eigenvalue weighted by Crippen LogP contribution is 2.19. The molecule has 1 atom stereocenters. The van der Waals surface area contributed by atoms with E-state index in [9.17, 15) is 0 Å². The van der Waals surface area contributed by atoms with E-state index >= 15 is 0 Å². The van der Waals surface area contributed by atoms with Gasteiger partial charge in [0.2, 0.25) is 0 Å². The van der Waals surface area contributed by atoms with Crippen LogP contribution in [0.5, 0.6) is 0 Å². The molecule has 0 aliphatic rings. The minimum atomic E-state index is 0.268. The number of thioether (sulfide) groups is 1. The molecule has 0 radical (unpaired) electrons. The number of rotatable bonds is 5. The summed E-state index contributed by atoms with van der Waals surface area (Å²) in [6, 6.07) is 2.46. The normalized spacial score (nSPS) is 13.9. The van der Waals surface area contributed by atoms with Crippen molar-refractivity contribution in [3.63, 3.8) is 0 Å². The van der Waals surface area contributed by atoms with E-state index in [0.717, 1.165) is 6.54 Å². The Morgan fingerprint density at radius 1 is 1.58 bits per heavy atom. The van der Waals surface area contributed by atoms with Crippen LogP contribution in [0.1, 0.15) is 27.2 Å². The molecular weight excluding hydrogens is 168 g/mol. The zero-order chi connectivity index (χ0) is 9.61. The fourth-order valence-electron chi connectivity index (χ4n) is 0.701. The van der Waals surface area contributed by atoms with Crippen LogP contribution in [0, 0.1) is 11.3 Å². The minimum Gasteiger partial charge on any atom is -0.312 e. The van der Waals surface area contributed by atoms with Gasteiger partial charge in [0.15, 0.2) is 0 Å². The van der Waals surface area contributed by atoms with Crippen molar-refractivity contribution in [3.05, 3.63) is 0 Å². The molecule has 0 spiro atoms. The summed E-state index contributed by atoms with van der Waals surface area (Å²) in [6.45, 7) is 7.39. The van der Waals surface area contributed by atoms with Gasteiger partial charge in [-0.05, 0) is 27.0 Å². The molecule has 70 valence electrons. The molecule has 0 aromatic rings. The summed E-state index contributed by atoms with van der Waals surface area (Å²) in [5, 5.41) is 11.8. The monoisotopic (exact) mass is 186 g/mol. The lowest BCUT2D eigenvalue weighted by Crippen LogP contribution is -2.37. The van der Waals surface area contributed by atoms with Crippen molar-refractivity contribution in [1.29, 1.82) is 5.26 Å². The summed E-state index contributed by atoms with van der Waals surface area (Å²) in [5.41, 5.74) is 0. The van der Waals surface area contributed by atoms with Crippen LogP contribution in [0.25, 0.3) is 0 Å². The lowest BCUT2D eigenvalue weighted by Gasteiger charge is -2.24. The molecule has 0 saturated heterocycles. The minimum absolute atomic E-state index is 0.268. The molecule has 1 unspecified atom stereocenters. The molecule has 12 heavy (non-hydrogen) atoms. The zero-order valence-electron chi connectivity index (χ0n) is 8.35. The summed E-state index contributed by atoms with van der Waals surface area (Å²) in [6.07, 6.45) is 2.70. The predicted molar refractivity (Wildman–Crippen MR) is 55.3 cm³/mol. The van der Waals surface area contributed by atoms with Gasteiger partial charge in [0.05, 0.1) is 12.5 Å². The summed E-state index contributed by atoms with van der Waals surface area (Å²) >= 11 is 1.84. The second-order valence-corrected chi connectivity index (χ2v) is 5.12. The van der Waals surface area contributed by atoms with Crippen LogP contribution in [0.4, 0.5) is 0 Å². The molecule has 0 saturated carbocycles. The van der Waals surface area contributed by atoms with E-state index in [0.29, 0.717) is 12.5 Å². The Hall–Kier alpha value is -0.200. The SMILES string of the molecule is CSC(C)(C)CNC(C)CC#N. The Kier molecular flexibility index (Phi) is 5.36. The highest BCUT2D eigenvalue weighted by Gasteiger charge is 2.16. The summed E-state index contributed by atoms with van der Waals surface area (Å²) in [5.74, 6) is 0. The molecule has 0 heterocycles. The van der Waals surface area contributed by atoms with Gasteiger partial charge in [-0.15, -0.1) is 0 Å². The van der Waals surface area contributed by atoms with Gasteiger partial charge in [0.25, 0.3) is 0 Å². The first-order valence-corrected chi connectivity index (χ1v) is 5.40. The molecule has 0 aliphatic carbocycles. The first-order chi connectivity index (χ1) is 5.52. The van der Waals surface area contributed by atoms with E-state index in [2.05, 4.69) is 31.5 Å². The van der Waals surface area contributed by atoms with Crippen LogP contribution in [0.3, 0.4) is 0 Å². The highest BCUT2D eigenvalue weighted by molar-refractivity contribution is 7.99. The molecular formula is C9H18N2S. The maximum atomic E-state index is 8.43. The van der Waals surface area contributed by atoms with Crippen molar-refractivity contribution >= 4 is 11.8 Å². The number of nitrogens with one attached hydrogen (secondary N) is 1. The molecule has 2 nitrogen and oxygen atoms in total. The van der Waals surface area contributed by atoms with Crippen LogP contribution in [-0.4, -0.2) is 23.6 Å². The molecule has 0 fully saturated rings. The molecule has 0 bridgehead atoms. The van der Waals surface area contributed by atoms with E-state index in [-0.39, 0.29) is 4.75 Å². The maximum Gasteiger partial charge on any atom is 0.0638 e. The summed E-state index contributed by atoms with van der Waals surface area (Å²) in [7, 11) is 0. The van der Waals surface area contributed by atoms with Crippen LogP contribution in [0.15, 0.2) is 0 Å². The lowest BCUT2D eigenvalue weighted by atomic mass is 10.2. The van der Waals surface area contributed by atoms with Crippen LogP contribution < -0.4 is 5.32 Å². The third-order valence-corrected chi connectivity index (χ3v) is 3.08. The molecule has 0 rings (SSSR count). The van der Waals surface area contributed by atoms with Crippen molar-refractivity contribution in [2.75, 3.05) is 12.8 Å². The van der Waals surface area contributed by atoms with E-state index < -0.39 is 0 Å². The van der Waals surface area contributed by atoms with E-state index in [4.69, 9.17) is 5.26 Å². The smallest absolute Gasteiger partial charge is 0.0638 e. The predicted octanol–water partition coefficient (Wildman–Crippen LogP) is 2.02. The molecule has 0 amide bonds. The Labute approximate surface area is 79.7 Å². The van der Waals surface area contributed by atoms with E-state index in [1.807, 2.05) is 18.7 Å². The largest absolute Gasteiger partial charge is 0.312 e. The number of hydrogen-bond donors (Lipinski definition) is 1. The van der Waals surface area contributed by atoms with Crippen molar-refractivity contribution in [3.8, 4) is 6.07 Å². The highest BCUT2D eigenvalue weighted by atomic mass is 32.2. The van der Waals surface area contributed by atoms with E-state index in [1.54, 1.807) is 0 Å². The summed E-state index contributed by atoms with van der Waals surface area (Å²) in [4.78, 5) is 0. The average Bonchev–Trinajstić information content (AvgIpc) is 2.02. The Morgan fingerprint density at radius 3 is 2.58 bits per heavy atom. The quantitative estimate of drug-likeness (QED) is 0.713. The van der Waals surface area contributed by atoms with Crippen molar-refractivity contribution in [2.24, 2.45) is 0 Å². The lowest BCUT2D eigenvalue weighted by molar-refractivity contribution is 0.512. The van der Waals surface area contributed by atoms with Gasteiger partial charge in [0.1, 0.15) is 0 Å². The first-order valence-electron chi connectivity index (χ1n) is 4.17. The second kappa shape index (κ2) is 5.45. The van der Waals surface area contributed by atoms with Gasteiger partial charge in [-0.3, -0.25) is 0 Å². The van der Waals surface area contributed by atoms with Crippen LogP contribution >= 0.6 is 11.8 Å². The molecule has 0 aliphatic heterocycles. The fraction of sp³-hybridized carbons (Fsp3) is 0.889. The van der Waals surface area contributed by atoms with Gasteiger partial charge in [-0.25, -0.2) is 0 Å². The Bertz CT molecular complexity index is 160. The van der Waals surface area contributed by atoms with Crippen molar-refractivity contribution < 1.29 is 0 Å². The van der Waals surface area contributed by atoms with Gasteiger partial charge < -0.3 is 5.32 Å². The van der Waals surface area contributed by atoms with Gasteiger partial charge >= 0.3 is 0 Å². The van der Waals surface area contributed by atoms with Crippen LogP contribution in [0.2, 0.25) is 0 Å². The Morgan fingerprint density at radius 2 is 2.17 bits per heavy atom. The third kappa shape index (κ3) is 5.45. The zero-order valence-corrected chi connectivity index (χ0v) is 9.16. The number of hydrogen-bond acceptors (Lipinski definition) is 3. The molecule has 3 heteroatoms. The summed E-state index contributed by atoms with van der Waals surface area (Å²) < 4.78 is 0.268. The fourth-order valence-corrected chi connectivity index (χ4v) is 0.929.